The van der Waals surface area contributed by atoms with Crippen molar-refractivity contribution in [3.63, 3.8) is 0 Å². The summed E-state index contributed by atoms with van der Waals surface area (Å²) in [5, 5.41) is 0.240. The summed E-state index contributed by atoms with van der Waals surface area (Å²) < 4.78 is 0. The van der Waals surface area contributed by atoms with Gasteiger partial charge in [0.2, 0.25) is 0 Å². The normalized spacial score (nSPS) is 35.8. The molecule has 0 heterocycles. The van der Waals surface area contributed by atoms with Crippen LogP contribution < -0.4 is 0 Å². The number of halogens is 2. The first-order valence-corrected chi connectivity index (χ1v) is 8.23. The van der Waals surface area contributed by atoms with Gasteiger partial charge in [-0.2, -0.15) is 0 Å². The predicted molar refractivity (Wildman–Crippen MR) is 63.8 cm³/mol. The highest BCUT2D eigenvalue weighted by Gasteiger charge is 2.37. The zero-order chi connectivity index (χ0) is 10.1. The summed E-state index contributed by atoms with van der Waals surface area (Å²) in [5.41, 5.74) is 0. The van der Waals surface area contributed by atoms with E-state index in [2.05, 4.69) is 20.8 Å². The minimum absolute atomic E-state index is 0.240. The Bertz CT molecular complexity index is 160. The van der Waals surface area contributed by atoms with Crippen molar-refractivity contribution in [2.75, 3.05) is 0 Å². The first-order valence-electron chi connectivity index (χ1n) is 5.07. The molecule has 0 aliphatic heterocycles. The van der Waals surface area contributed by atoms with Crippen LogP contribution in [0.15, 0.2) is 0 Å². The molecule has 0 atom stereocenters. The molecule has 0 unspecified atom stereocenters. The lowest BCUT2D eigenvalue weighted by Crippen LogP contribution is -2.28. The molecule has 1 aliphatic rings. The van der Waals surface area contributed by atoms with Gasteiger partial charge in [-0.25, -0.2) is 0 Å². The summed E-state index contributed by atoms with van der Waals surface area (Å²) in [7, 11) is 0. The van der Waals surface area contributed by atoms with Crippen molar-refractivity contribution in [3.8, 4) is 0 Å². The van der Waals surface area contributed by atoms with Gasteiger partial charge in [0.1, 0.15) is 0 Å². The van der Waals surface area contributed by atoms with E-state index in [-0.39, 0.29) is 5.16 Å². The van der Waals surface area contributed by atoms with Crippen LogP contribution in [0.25, 0.3) is 0 Å². The zero-order valence-electron chi connectivity index (χ0n) is 8.69. The summed E-state index contributed by atoms with van der Waals surface area (Å²) in [6, 6.07) is 0. The number of rotatable bonds is 2. The fourth-order valence-corrected chi connectivity index (χ4v) is 3.71. The second-order valence-corrected chi connectivity index (χ2v) is 8.90. The summed E-state index contributed by atoms with van der Waals surface area (Å²) in [5.74, 6) is 1.72. The van der Waals surface area contributed by atoms with Crippen molar-refractivity contribution >= 4 is 29.1 Å². The van der Waals surface area contributed by atoms with Crippen LogP contribution in [-0.4, -0.2) is 5.16 Å². The Morgan fingerprint density at radius 3 is 2.00 bits per heavy atom. The van der Waals surface area contributed by atoms with Gasteiger partial charge in [-0.1, -0.05) is 43.3 Å². The van der Waals surface area contributed by atoms with Gasteiger partial charge in [-0.15, -0.1) is 0 Å². The van der Waals surface area contributed by atoms with Gasteiger partial charge in [0.15, 0.2) is 0 Å². The summed E-state index contributed by atoms with van der Waals surface area (Å²) in [4.78, 5) is 0. The Morgan fingerprint density at radius 2 is 1.69 bits per heavy atom. The van der Waals surface area contributed by atoms with Crippen LogP contribution in [0.3, 0.4) is 0 Å². The quantitative estimate of drug-likeness (QED) is 0.569. The molecular weight excluding hydrogens is 222 g/mol. The van der Waals surface area contributed by atoms with E-state index >= 15 is 0 Å². The number of hydrogen-bond acceptors (Lipinski definition) is 0. The molecule has 13 heavy (non-hydrogen) atoms. The van der Waals surface area contributed by atoms with E-state index < -0.39 is 6.63 Å². The largest absolute Gasteiger partial charge is 0.0914 e. The highest BCUT2D eigenvalue weighted by molar-refractivity contribution is 8.04. The highest BCUT2D eigenvalue weighted by atomic mass is 35.9. The monoisotopic (exact) mass is 240 g/mol. The summed E-state index contributed by atoms with van der Waals surface area (Å²) in [6.45, 7) is 6.08. The third-order valence-corrected chi connectivity index (χ3v) is 7.17. The van der Waals surface area contributed by atoms with Crippen LogP contribution in [-0.2, 0) is 0 Å². The van der Waals surface area contributed by atoms with Crippen molar-refractivity contribution in [2.24, 2.45) is 11.8 Å². The predicted octanol–water partition coefficient (Wildman–Crippen LogP) is 5.38. The number of hydrogen-bond donors (Lipinski definition) is 0. The average molecular weight is 241 g/mol. The Kier molecular flexibility index (Phi) is 4.36. The molecule has 0 aromatic rings. The van der Waals surface area contributed by atoms with Crippen LogP contribution >= 0.6 is 29.1 Å². The van der Waals surface area contributed by atoms with Gasteiger partial charge >= 0.3 is 0 Å². The third-order valence-electron chi connectivity index (χ3n) is 3.46. The van der Waals surface area contributed by atoms with Gasteiger partial charge in [0, 0.05) is 5.16 Å². The van der Waals surface area contributed by atoms with Gasteiger partial charge < -0.3 is 0 Å². The Morgan fingerprint density at radius 1 is 1.23 bits per heavy atom. The molecule has 0 aromatic heterocycles. The second kappa shape index (κ2) is 4.69. The van der Waals surface area contributed by atoms with Crippen LogP contribution in [0.2, 0.25) is 0 Å². The lowest BCUT2D eigenvalue weighted by atomic mass is 9.77. The van der Waals surface area contributed by atoms with Crippen molar-refractivity contribution in [1.82, 2.24) is 0 Å². The molecule has 0 spiro atoms. The minimum atomic E-state index is -0.795. The van der Waals surface area contributed by atoms with Gasteiger partial charge in [-0.3, -0.25) is 0 Å². The molecule has 0 amide bonds. The molecule has 0 radical (unpaired) electrons. The van der Waals surface area contributed by atoms with Crippen molar-refractivity contribution in [1.29, 1.82) is 0 Å². The van der Waals surface area contributed by atoms with E-state index in [1.165, 1.54) is 25.7 Å². The Hall–Kier alpha value is 1.01. The molecule has 0 aromatic carbocycles. The molecule has 1 saturated carbocycles. The Labute approximate surface area is 92.7 Å². The van der Waals surface area contributed by atoms with Crippen molar-refractivity contribution in [3.05, 3.63) is 0 Å². The fraction of sp³-hybridized carbons (Fsp3) is 1.00. The zero-order valence-corrected chi connectivity index (χ0v) is 11.1. The van der Waals surface area contributed by atoms with Gasteiger partial charge in [0.05, 0.1) is 6.63 Å². The lowest BCUT2D eigenvalue weighted by molar-refractivity contribution is 0.250. The molecule has 3 heteroatoms. The minimum Gasteiger partial charge on any atom is -0.0775 e. The van der Waals surface area contributed by atoms with Crippen molar-refractivity contribution in [2.45, 2.75) is 51.6 Å². The van der Waals surface area contributed by atoms with Crippen LogP contribution in [0.5, 0.6) is 0 Å². The average Bonchev–Trinajstić information content (AvgIpc) is 2.04. The molecule has 1 rings (SSSR count). The van der Waals surface area contributed by atoms with E-state index in [1.54, 1.807) is 0 Å². The van der Waals surface area contributed by atoms with Gasteiger partial charge in [-0.05, 0) is 37.5 Å². The standard InChI is InChI=1S/C10H19Cl2P/c1-8(2)9-4-6-10(3,7-5-9)13(11)12/h8-9H,4-7H2,1-3H3. The molecule has 0 saturated heterocycles. The topological polar surface area (TPSA) is 0 Å². The molecule has 0 bridgehead atoms. The molecule has 1 aliphatic carbocycles. The maximum absolute atomic E-state index is 6.06. The maximum Gasteiger partial charge on any atom is 0.0914 e. The van der Waals surface area contributed by atoms with E-state index in [4.69, 9.17) is 22.5 Å². The van der Waals surface area contributed by atoms with Crippen LogP contribution in [0, 0.1) is 11.8 Å². The lowest BCUT2D eigenvalue weighted by Gasteiger charge is -2.39. The molecular formula is C10H19Cl2P. The first-order chi connectivity index (χ1) is 5.96. The smallest absolute Gasteiger partial charge is 0.0775 e. The molecule has 0 nitrogen and oxygen atoms in total. The SMILES string of the molecule is CC(C)C1CCC(C)(P(Cl)Cl)CC1. The molecule has 1 fully saturated rings. The van der Waals surface area contributed by atoms with Gasteiger partial charge in [0.25, 0.3) is 0 Å². The van der Waals surface area contributed by atoms with Crippen LogP contribution in [0.1, 0.15) is 46.5 Å². The summed E-state index contributed by atoms with van der Waals surface area (Å²) >= 11 is 12.1. The van der Waals surface area contributed by atoms with E-state index in [0.29, 0.717) is 0 Å². The fourth-order valence-electron chi connectivity index (χ4n) is 2.10. The van der Waals surface area contributed by atoms with E-state index in [1.807, 2.05) is 0 Å². The Balaban J connectivity index is 2.47. The van der Waals surface area contributed by atoms with Crippen LogP contribution in [0.4, 0.5) is 0 Å². The third kappa shape index (κ3) is 2.98. The molecule has 78 valence electrons. The van der Waals surface area contributed by atoms with E-state index in [0.717, 1.165) is 11.8 Å². The maximum atomic E-state index is 6.06. The highest BCUT2D eigenvalue weighted by Crippen LogP contribution is 2.64. The molecule has 0 N–H and O–H groups in total. The second-order valence-electron chi connectivity index (χ2n) is 4.81. The first kappa shape index (κ1) is 12.1. The van der Waals surface area contributed by atoms with Crippen molar-refractivity contribution < 1.29 is 0 Å². The summed E-state index contributed by atoms with van der Waals surface area (Å²) in [6.07, 6.45) is 5.06. The van der Waals surface area contributed by atoms with E-state index in [9.17, 15) is 0 Å².